The summed E-state index contributed by atoms with van der Waals surface area (Å²) < 4.78 is 0. The third kappa shape index (κ3) is 3.52. The topological polar surface area (TPSA) is 40.5 Å². The Bertz CT molecular complexity index is 596. The lowest BCUT2D eigenvalue weighted by Crippen LogP contribution is -2.26. The van der Waals surface area contributed by atoms with E-state index < -0.39 is 0 Å². The molecule has 0 spiro atoms. The zero-order valence-corrected chi connectivity index (χ0v) is 12.0. The van der Waals surface area contributed by atoms with Gasteiger partial charge in [-0.25, -0.2) is 0 Å². The Morgan fingerprint density at radius 2 is 1.85 bits per heavy atom. The van der Waals surface area contributed by atoms with Gasteiger partial charge in [-0.3, -0.25) is 4.79 Å². The lowest BCUT2D eigenvalue weighted by Gasteiger charge is -2.17. The molecule has 0 radical (unpaired) electrons. The minimum Gasteiger partial charge on any atom is -0.508 e. The highest BCUT2D eigenvalue weighted by molar-refractivity contribution is 6.17. The molecule has 0 heterocycles. The first-order valence-corrected chi connectivity index (χ1v) is 6.82. The number of alkyl halides is 1. The number of phenols is 1. The molecule has 0 atom stereocenters. The Balaban J connectivity index is 2.09. The SMILES string of the molecule is CN(Cc1ccc(O)cc1)C(=O)c1cccc(CCl)c1. The average molecular weight is 290 g/mol. The van der Waals surface area contributed by atoms with Crippen molar-refractivity contribution in [2.24, 2.45) is 0 Å². The summed E-state index contributed by atoms with van der Waals surface area (Å²) >= 11 is 5.78. The number of benzene rings is 2. The van der Waals surface area contributed by atoms with Crippen molar-refractivity contribution in [3.63, 3.8) is 0 Å². The molecule has 0 aliphatic heterocycles. The molecular formula is C16H16ClNO2. The molecule has 2 aromatic carbocycles. The van der Waals surface area contributed by atoms with Crippen LogP contribution in [0.15, 0.2) is 48.5 Å². The molecule has 0 aromatic heterocycles. The van der Waals surface area contributed by atoms with E-state index in [0.717, 1.165) is 11.1 Å². The van der Waals surface area contributed by atoms with Crippen molar-refractivity contribution in [1.82, 2.24) is 4.90 Å². The van der Waals surface area contributed by atoms with Gasteiger partial charge in [-0.05, 0) is 35.4 Å². The van der Waals surface area contributed by atoms with Gasteiger partial charge in [-0.15, -0.1) is 11.6 Å². The molecule has 20 heavy (non-hydrogen) atoms. The fraction of sp³-hybridized carbons (Fsp3) is 0.188. The first-order valence-electron chi connectivity index (χ1n) is 6.28. The monoisotopic (exact) mass is 289 g/mol. The first kappa shape index (κ1) is 14.4. The number of aromatic hydroxyl groups is 1. The number of amides is 1. The lowest BCUT2D eigenvalue weighted by atomic mass is 10.1. The first-order chi connectivity index (χ1) is 9.60. The molecule has 2 aromatic rings. The predicted molar refractivity (Wildman–Crippen MR) is 79.9 cm³/mol. The minimum atomic E-state index is -0.0509. The quantitative estimate of drug-likeness (QED) is 0.876. The van der Waals surface area contributed by atoms with E-state index in [1.807, 2.05) is 18.2 Å². The van der Waals surface area contributed by atoms with Crippen molar-refractivity contribution >= 4 is 17.5 Å². The second-order valence-electron chi connectivity index (χ2n) is 4.66. The molecule has 4 heteroatoms. The highest BCUT2D eigenvalue weighted by atomic mass is 35.5. The van der Waals surface area contributed by atoms with Crippen molar-refractivity contribution in [2.45, 2.75) is 12.4 Å². The molecule has 0 unspecified atom stereocenters. The van der Waals surface area contributed by atoms with Crippen LogP contribution in [0.1, 0.15) is 21.5 Å². The molecular weight excluding hydrogens is 274 g/mol. The zero-order chi connectivity index (χ0) is 14.5. The summed E-state index contributed by atoms with van der Waals surface area (Å²) in [5, 5.41) is 9.24. The summed E-state index contributed by atoms with van der Waals surface area (Å²) in [4.78, 5) is 14.0. The molecule has 1 amide bonds. The Labute approximate surface area is 123 Å². The Morgan fingerprint density at radius 3 is 2.50 bits per heavy atom. The van der Waals surface area contributed by atoms with Crippen LogP contribution in [-0.4, -0.2) is 23.0 Å². The summed E-state index contributed by atoms with van der Waals surface area (Å²) in [6.45, 7) is 0.490. The normalized spacial score (nSPS) is 10.3. The molecule has 0 saturated heterocycles. The molecule has 2 rings (SSSR count). The van der Waals surface area contributed by atoms with Crippen molar-refractivity contribution in [2.75, 3.05) is 7.05 Å². The highest BCUT2D eigenvalue weighted by Crippen LogP contribution is 2.14. The number of nitrogens with zero attached hydrogens (tertiary/aromatic N) is 1. The van der Waals surface area contributed by atoms with E-state index in [-0.39, 0.29) is 11.7 Å². The lowest BCUT2D eigenvalue weighted by molar-refractivity contribution is 0.0785. The number of phenolic OH excluding ortho intramolecular Hbond substituents is 1. The standard InChI is InChI=1S/C16H16ClNO2/c1-18(11-12-5-7-15(19)8-6-12)16(20)14-4-2-3-13(9-14)10-17/h2-9,19H,10-11H2,1H3. The number of carbonyl (C=O) groups is 1. The second-order valence-corrected chi connectivity index (χ2v) is 4.93. The summed E-state index contributed by atoms with van der Waals surface area (Å²) in [6, 6.07) is 14.1. The molecule has 0 aliphatic rings. The van der Waals surface area contributed by atoms with E-state index in [9.17, 15) is 9.90 Å². The van der Waals surface area contributed by atoms with Gasteiger partial charge in [-0.1, -0.05) is 24.3 Å². The van der Waals surface area contributed by atoms with E-state index in [1.165, 1.54) is 0 Å². The van der Waals surface area contributed by atoms with Crippen molar-refractivity contribution < 1.29 is 9.90 Å². The van der Waals surface area contributed by atoms with Gasteiger partial charge in [0, 0.05) is 25.0 Å². The van der Waals surface area contributed by atoms with E-state index in [1.54, 1.807) is 42.3 Å². The summed E-state index contributed by atoms with van der Waals surface area (Å²) in [5.41, 5.74) is 2.52. The molecule has 1 N–H and O–H groups in total. The number of hydrogen-bond donors (Lipinski definition) is 1. The summed E-state index contributed by atoms with van der Waals surface area (Å²) in [5.74, 6) is 0.561. The second kappa shape index (κ2) is 6.44. The maximum Gasteiger partial charge on any atom is 0.253 e. The van der Waals surface area contributed by atoms with Crippen LogP contribution in [0, 0.1) is 0 Å². The highest BCUT2D eigenvalue weighted by Gasteiger charge is 2.12. The molecule has 0 bridgehead atoms. The Morgan fingerprint density at radius 1 is 1.15 bits per heavy atom. The van der Waals surface area contributed by atoms with Gasteiger partial charge in [0.1, 0.15) is 5.75 Å². The minimum absolute atomic E-state index is 0.0509. The molecule has 0 fully saturated rings. The van der Waals surface area contributed by atoms with Crippen LogP contribution in [0.5, 0.6) is 5.75 Å². The Kier molecular flexibility index (Phi) is 4.64. The van der Waals surface area contributed by atoms with Gasteiger partial charge in [0.2, 0.25) is 0 Å². The molecule has 0 aliphatic carbocycles. The van der Waals surface area contributed by atoms with Crippen molar-refractivity contribution in [1.29, 1.82) is 0 Å². The maximum absolute atomic E-state index is 12.3. The van der Waals surface area contributed by atoms with Crippen LogP contribution in [0.25, 0.3) is 0 Å². The Hall–Kier alpha value is -2.00. The number of carbonyl (C=O) groups excluding carboxylic acids is 1. The molecule has 3 nitrogen and oxygen atoms in total. The fourth-order valence-corrected chi connectivity index (χ4v) is 2.12. The fourth-order valence-electron chi connectivity index (χ4n) is 1.95. The predicted octanol–water partition coefficient (Wildman–Crippen LogP) is 3.40. The van der Waals surface area contributed by atoms with Crippen molar-refractivity contribution in [3.05, 3.63) is 65.2 Å². The summed E-state index contributed by atoms with van der Waals surface area (Å²) in [7, 11) is 1.75. The van der Waals surface area contributed by atoms with Gasteiger partial charge >= 0.3 is 0 Å². The third-order valence-electron chi connectivity index (χ3n) is 3.03. The van der Waals surface area contributed by atoms with Gasteiger partial charge in [0.15, 0.2) is 0 Å². The van der Waals surface area contributed by atoms with E-state index in [0.29, 0.717) is 18.0 Å². The van der Waals surface area contributed by atoms with Gasteiger partial charge in [0.05, 0.1) is 0 Å². The van der Waals surface area contributed by atoms with E-state index in [4.69, 9.17) is 11.6 Å². The number of rotatable bonds is 4. The maximum atomic E-state index is 12.3. The van der Waals surface area contributed by atoms with Crippen LogP contribution < -0.4 is 0 Å². The van der Waals surface area contributed by atoms with Crippen LogP contribution in [0.3, 0.4) is 0 Å². The van der Waals surface area contributed by atoms with Crippen LogP contribution in [0.2, 0.25) is 0 Å². The van der Waals surface area contributed by atoms with Crippen LogP contribution >= 0.6 is 11.6 Å². The number of hydrogen-bond acceptors (Lipinski definition) is 2. The van der Waals surface area contributed by atoms with E-state index >= 15 is 0 Å². The summed E-state index contributed by atoms with van der Waals surface area (Å²) in [6.07, 6.45) is 0. The molecule has 104 valence electrons. The van der Waals surface area contributed by atoms with Crippen LogP contribution in [0.4, 0.5) is 0 Å². The zero-order valence-electron chi connectivity index (χ0n) is 11.2. The van der Waals surface area contributed by atoms with Gasteiger partial charge in [0.25, 0.3) is 5.91 Å². The third-order valence-corrected chi connectivity index (χ3v) is 3.34. The van der Waals surface area contributed by atoms with E-state index in [2.05, 4.69) is 0 Å². The van der Waals surface area contributed by atoms with Gasteiger partial charge < -0.3 is 10.0 Å². The molecule has 0 saturated carbocycles. The van der Waals surface area contributed by atoms with Gasteiger partial charge in [-0.2, -0.15) is 0 Å². The average Bonchev–Trinajstić information content (AvgIpc) is 2.48. The van der Waals surface area contributed by atoms with Crippen LogP contribution in [-0.2, 0) is 12.4 Å². The largest absolute Gasteiger partial charge is 0.508 e. The van der Waals surface area contributed by atoms with Crippen molar-refractivity contribution in [3.8, 4) is 5.75 Å². The number of halogens is 1. The smallest absolute Gasteiger partial charge is 0.253 e.